The number of anilines is 1. The van der Waals surface area contributed by atoms with Crippen molar-refractivity contribution in [2.24, 2.45) is 0 Å². The van der Waals surface area contributed by atoms with Crippen LogP contribution in [0.5, 0.6) is 0 Å². The fourth-order valence-corrected chi connectivity index (χ4v) is 1.22. The normalized spacial score (nSPS) is 9.69. The van der Waals surface area contributed by atoms with Crippen LogP contribution < -0.4 is 5.32 Å². The minimum Gasteiger partial charge on any atom is -0.368 e. The van der Waals surface area contributed by atoms with Gasteiger partial charge in [0.15, 0.2) is 5.69 Å². The predicted octanol–water partition coefficient (Wildman–Crippen LogP) is 0.726. The molecule has 0 aliphatic rings. The van der Waals surface area contributed by atoms with E-state index in [1.165, 1.54) is 6.20 Å². The summed E-state index contributed by atoms with van der Waals surface area (Å²) in [5.74, 6) is 1.58. The third-order valence-electron chi connectivity index (χ3n) is 1.99. The van der Waals surface area contributed by atoms with Crippen molar-refractivity contribution in [3.8, 4) is 6.07 Å². The highest BCUT2D eigenvalue weighted by Gasteiger charge is 1.97. The summed E-state index contributed by atoms with van der Waals surface area (Å²) < 4.78 is 0. The summed E-state index contributed by atoms with van der Waals surface area (Å²) >= 11 is 0. The maximum absolute atomic E-state index is 8.54. The molecule has 0 spiro atoms. The average molecular weight is 214 g/mol. The van der Waals surface area contributed by atoms with Gasteiger partial charge in [0, 0.05) is 25.4 Å². The van der Waals surface area contributed by atoms with Crippen LogP contribution in [-0.4, -0.2) is 26.5 Å². The van der Waals surface area contributed by atoms with E-state index in [1.54, 1.807) is 18.6 Å². The van der Waals surface area contributed by atoms with Gasteiger partial charge in [0.25, 0.3) is 0 Å². The van der Waals surface area contributed by atoms with Crippen molar-refractivity contribution in [2.75, 3.05) is 11.9 Å². The van der Waals surface area contributed by atoms with E-state index in [0.717, 1.165) is 12.2 Å². The van der Waals surface area contributed by atoms with Gasteiger partial charge >= 0.3 is 0 Å². The number of aromatic nitrogens is 4. The van der Waals surface area contributed by atoms with Gasteiger partial charge in [-0.05, 0) is 0 Å². The van der Waals surface area contributed by atoms with E-state index in [2.05, 4.69) is 25.3 Å². The van der Waals surface area contributed by atoms with E-state index < -0.39 is 0 Å². The first-order chi connectivity index (χ1) is 7.88. The van der Waals surface area contributed by atoms with Gasteiger partial charge in [-0.25, -0.2) is 15.0 Å². The van der Waals surface area contributed by atoms with Gasteiger partial charge in [-0.2, -0.15) is 5.26 Å². The van der Waals surface area contributed by atoms with Gasteiger partial charge in [-0.1, -0.05) is 0 Å². The van der Waals surface area contributed by atoms with Crippen LogP contribution in [-0.2, 0) is 6.42 Å². The summed E-state index contributed by atoms with van der Waals surface area (Å²) in [7, 11) is 0. The van der Waals surface area contributed by atoms with Crippen LogP contribution in [0.4, 0.5) is 5.82 Å². The quantitative estimate of drug-likeness (QED) is 0.782. The Hall–Kier alpha value is -2.42. The highest BCUT2D eigenvalue weighted by Crippen LogP contribution is 2.00. The minimum atomic E-state index is 0.316. The molecule has 6 nitrogen and oxygen atoms in total. The van der Waals surface area contributed by atoms with Crippen LogP contribution in [0.25, 0.3) is 0 Å². The molecular formula is C10H10N6. The molecule has 0 atom stereocenters. The van der Waals surface area contributed by atoms with E-state index in [4.69, 9.17) is 5.26 Å². The standard InChI is InChI=1S/C10H10N6/c11-5-8-6-16-10(7-15-8)12-2-1-9-13-3-4-14-9/h3-4,6-7H,1-2H2,(H,12,16)(H,13,14). The number of hydrogen-bond acceptors (Lipinski definition) is 5. The maximum atomic E-state index is 8.54. The van der Waals surface area contributed by atoms with E-state index in [9.17, 15) is 0 Å². The van der Waals surface area contributed by atoms with Crippen LogP contribution in [0, 0.1) is 11.3 Å². The molecule has 2 aromatic rings. The summed E-state index contributed by atoms with van der Waals surface area (Å²) in [4.78, 5) is 15.1. The largest absolute Gasteiger partial charge is 0.368 e. The number of aromatic amines is 1. The summed E-state index contributed by atoms with van der Waals surface area (Å²) in [6.45, 7) is 0.716. The lowest BCUT2D eigenvalue weighted by molar-refractivity contribution is 0.919. The summed E-state index contributed by atoms with van der Waals surface area (Å²) in [5.41, 5.74) is 0.316. The summed E-state index contributed by atoms with van der Waals surface area (Å²) in [5, 5.41) is 11.6. The second-order valence-electron chi connectivity index (χ2n) is 3.11. The summed E-state index contributed by atoms with van der Waals surface area (Å²) in [6.07, 6.45) is 7.28. The Bertz CT molecular complexity index is 467. The SMILES string of the molecule is N#Cc1cnc(NCCc2ncc[nH]2)cn1. The molecule has 0 bridgehead atoms. The molecular weight excluding hydrogens is 204 g/mol. The predicted molar refractivity (Wildman–Crippen MR) is 57.5 cm³/mol. The van der Waals surface area contributed by atoms with Gasteiger partial charge in [0.2, 0.25) is 0 Å². The Morgan fingerprint density at radius 1 is 1.31 bits per heavy atom. The molecule has 2 heterocycles. The molecule has 6 heteroatoms. The first-order valence-corrected chi connectivity index (χ1v) is 4.83. The Balaban J connectivity index is 1.83. The Morgan fingerprint density at radius 2 is 2.25 bits per heavy atom. The number of imidazole rings is 1. The Morgan fingerprint density at radius 3 is 2.88 bits per heavy atom. The van der Waals surface area contributed by atoms with Crippen molar-refractivity contribution in [3.63, 3.8) is 0 Å². The molecule has 2 rings (SSSR count). The van der Waals surface area contributed by atoms with E-state index in [1.807, 2.05) is 6.07 Å². The molecule has 0 aromatic carbocycles. The second-order valence-corrected chi connectivity index (χ2v) is 3.11. The molecule has 0 aliphatic heterocycles. The van der Waals surface area contributed by atoms with Gasteiger partial charge in [-0.3, -0.25) is 0 Å². The van der Waals surface area contributed by atoms with E-state index in [0.29, 0.717) is 18.1 Å². The van der Waals surface area contributed by atoms with Crippen molar-refractivity contribution < 1.29 is 0 Å². The van der Waals surface area contributed by atoms with Crippen molar-refractivity contribution >= 4 is 5.82 Å². The number of nitrogens with one attached hydrogen (secondary N) is 2. The Labute approximate surface area is 92.4 Å². The molecule has 0 radical (unpaired) electrons. The molecule has 0 fully saturated rings. The molecule has 2 aromatic heterocycles. The first-order valence-electron chi connectivity index (χ1n) is 4.83. The van der Waals surface area contributed by atoms with Gasteiger partial charge in [0.1, 0.15) is 17.7 Å². The lowest BCUT2D eigenvalue weighted by atomic mass is 10.4. The van der Waals surface area contributed by atoms with Crippen molar-refractivity contribution in [1.29, 1.82) is 5.26 Å². The number of nitriles is 1. The third-order valence-corrected chi connectivity index (χ3v) is 1.99. The highest BCUT2D eigenvalue weighted by molar-refractivity contribution is 5.33. The van der Waals surface area contributed by atoms with Crippen molar-refractivity contribution in [2.45, 2.75) is 6.42 Å². The number of H-pyrrole nitrogens is 1. The average Bonchev–Trinajstić information content (AvgIpc) is 2.83. The van der Waals surface area contributed by atoms with Gasteiger partial charge in [-0.15, -0.1) is 0 Å². The molecule has 0 unspecified atom stereocenters. The monoisotopic (exact) mass is 214 g/mol. The van der Waals surface area contributed by atoms with Crippen LogP contribution in [0.15, 0.2) is 24.8 Å². The van der Waals surface area contributed by atoms with Crippen LogP contribution in [0.3, 0.4) is 0 Å². The zero-order chi connectivity index (χ0) is 11.2. The van der Waals surface area contributed by atoms with E-state index in [-0.39, 0.29) is 0 Å². The molecule has 0 saturated carbocycles. The smallest absolute Gasteiger partial charge is 0.158 e. The molecule has 0 saturated heterocycles. The maximum Gasteiger partial charge on any atom is 0.158 e. The molecule has 0 amide bonds. The van der Waals surface area contributed by atoms with Crippen molar-refractivity contribution in [3.05, 3.63) is 36.3 Å². The lowest BCUT2D eigenvalue weighted by Gasteiger charge is -2.02. The zero-order valence-electron chi connectivity index (χ0n) is 8.51. The Kier molecular flexibility index (Phi) is 3.09. The minimum absolute atomic E-state index is 0.316. The number of nitrogens with zero attached hydrogens (tertiary/aromatic N) is 4. The molecule has 80 valence electrons. The molecule has 2 N–H and O–H groups in total. The molecule has 0 aliphatic carbocycles. The second kappa shape index (κ2) is 4.89. The zero-order valence-corrected chi connectivity index (χ0v) is 8.51. The topological polar surface area (TPSA) is 90.3 Å². The van der Waals surface area contributed by atoms with Crippen LogP contribution in [0.1, 0.15) is 11.5 Å². The molecule has 16 heavy (non-hydrogen) atoms. The van der Waals surface area contributed by atoms with Crippen molar-refractivity contribution in [1.82, 2.24) is 19.9 Å². The first kappa shape index (κ1) is 10.1. The fourth-order valence-electron chi connectivity index (χ4n) is 1.22. The third kappa shape index (κ3) is 2.54. The fraction of sp³-hybridized carbons (Fsp3) is 0.200. The van der Waals surface area contributed by atoms with Gasteiger partial charge < -0.3 is 10.3 Å². The number of rotatable bonds is 4. The lowest BCUT2D eigenvalue weighted by Crippen LogP contribution is -2.07. The number of hydrogen-bond donors (Lipinski definition) is 2. The highest BCUT2D eigenvalue weighted by atomic mass is 15.0. The van der Waals surface area contributed by atoms with Gasteiger partial charge in [0.05, 0.1) is 12.4 Å². The van der Waals surface area contributed by atoms with E-state index >= 15 is 0 Å². The van der Waals surface area contributed by atoms with Crippen LogP contribution >= 0.6 is 0 Å². The summed E-state index contributed by atoms with van der Waals surface area (Å²) in [6, 6.07) is 1.92. The van der Waals surface area contributed by atoms with Crippen LogP contribution in [0.2, 0.25) is 0 Å².